The summed E-state index contributed by atoms with van der Waals surface area (Å²) in [6, 6.07) is 11.1. The van der Waals surface area contributed by atoms with E-state index in [0.29, 0.717) is 22.9 Å². The fraction of sp³-hybridized carbons (Fsp3) is 0.300. The van der Waals surface area contributed by atoms with Crippen LogP contribution in [0.2, 0.25) is 0 Å². The molecule has 7 heteroatoms. The average molecular weight is 386 g/mol. The molecule has 4 rings (SSSR count). The molecular weight excluding hydrogens is 364 g/mol. The Morgan fingerprint density at radius 3 is 2.41 bits per heavy atom. The van der Waals surface area contributed by atoms with E-state index in [1.807, 2.05) is 6.92 Å². The Morgan fingerprint density at radius 2 is 1.78 bits per heavy atom. The summed E-state index contributed by atoms with van der Waals surface area (Å²) in [4.78, 5) is 1.94. The molecule has 1 unspecified atom stereocenters. The van der Waals surface area contributed by atoms with E-state index in [1.54, 1.807) is 67.7 Å². The van der Waals surface area contributed by atoms with Gasteiger partial charge in [-0.1, -0.05) is 29.8 Å². The van der Waals surface area contributed by atoms with Crippen molar-refractivity contribution in [3.05, 3.63) is 65.4 Å². The fourth-order valence-electron chi connectivity index (χ4n) is 3.89. The highest BCUT2D eigenvalue weighted by atomic mass is 32.2. The second-order valence-corrected chi connectivity index (χ2v) is 9.19. The number of hydrogen-bond donors (Lipinski definition) is 2. The number of nitrogens with zero attached hydrogens (tertiary/aromatic N) is 2. The minimum absolute atomic E-state index is 0.199. The van der Waals surface area contributed by atoms with Crippen molar-refractivity contribution in [2.75, 3.05) is 14.1 Å². The van der Waals surface area contributed by atoms with Crippen LogP contribution >= 0.6 is 0 Å². The summed E-state index contributed by atoms with van der Waals surface area (Å²) in [6.07, 6.45) is 1.94. The average Bonchev–Trinajstić information content (AvgIpc) is 2.98. The largest absolute Gasteiger partial charge is 0.361 e. The molecule has 1 aliphatic rings. The maximum absolute atomic E-state index is 13.2. The van der Waals surface area contributed by atoms with Crippen LogP contribution in [0.25, 0.3) is 10.9 Å². The van der Waals surface area contributed by atoms with Crippen molar-refractivity contribution in [1.29, 1.82) is 0 Å². The number of aromatic nitrogens is 1. The van der Waals surface area contributed by atoms with Crippen LogP contribution in [0.5, 0.6) is 0 Å². The second-order valence-electron chi connectivity index (χ2n) is 7.38. The Morgan fingerprint density at radius 1 is 1.11 bits per heavy atom. The molecule has 0 bridgehead atoms. The SMILES string of the molecule is Cc1ccc(S(=O)(=O)n2cc3c4c(cccc42)C(O)(O)C(N(C)C)C3)cc1. The van der Waals surface area contributed by atoms with Gasteiger partial charge in [0.1, 0.15) is 0 Å². The first-order valence-corrected chi connectivity index (χ1v) is 10.1. The molecule has 142 valence electrons. The van der Waals surface area contributed by atoms with Gasteiger partial charge in [0.2, 0.25) is 5.79 Å². The summed E-state index contributed by atoms with van der Waals surface area (Å²) in [5, 5.41) is 22.2. The lowest BCUT2D eigenvalue weighted by Crippen LogP contribution is -2.51. The zero-order valence-electron chi connectivity index (χ0n) is 15.4. The zero-order chi connectivity index (χ0) is 19.6. The lowest BCUT2D eigenvalue weighted by molar-refractivity contribution is -0.211. The van der Waals surface area contributed by atoms with Crippen LogP contribution in [-0.4, -0.2) is 47.6 Å². The van der Waals surface area contributed by atoms with Gasteiger partial charge in [0.25, 0.3) is 10.0 Å². The molecule has 1 aliphatic carbocycles. The van der Waals surface area contributed by atoms with Gasteiger partial charge in [-0.05, 0) is 51.2 Å². The maximum atomic E-state index is 13.2. The third-order valence-corrected chi connectivity index (χ3v) is 7.04. The molecule has 0 saturated carbocycles. The third kappa shape index (κ3) is 2.62. The van der Waals surface area contributed by atoms with Crippen molar-refractivity contribution >= 4 is 20.9 Å². The van der Waals surface area contributed by atoms with Crippen molar-refractivity contribution in [2.24, 2.45) is 0 Å². The number of aryl methyl sites for hydroxylation is 1. The topological polar surface area (TPSA) is 82.8 Å². The van der Waals surface area contributed by atoms with Crippen LogP contribution in [0.4, 0.5) is 0 Å². The summed E-state index contributed by atoms with van der Waals surface area (Å²) in [6.45, 7) is 1.90. The van der Waals surface area contributed by atoms with Crippen LogP contribution in [0.3, 0.4) is 0 Å². The van der Waals surface area contributed by atoms with Gasteiger partial charge >= 0.3 is 0 Å². The molecule has 2 aromatic carbocycles. The molecular formula is C20H22N2O4S. The van der Waals surface area contributed by atoms with Gasteiger partial charge in [0.15, 0.2) is 0 Å². The van der Waals surface area contributed by atoms with E-state index < -0.39 is 21.9 Å². The van der Waals surface area contributed by atoms with Crippen molar-refractivity contribution in [3.63, 3.8) is 0 Å². The van der Waals surface area contributed by atoms with Crippen molar-refractivity contribution in [2.45, 2.75) is 30.1 Å². The van der Waals surface area contributed by atoms with E-state index in [9.17, 15) is 18.6 Å². The van der Waals surface area contributed by atoms with Gasteiger partial charge in [0, 0.05) is 17.1 Å². The Bertz CT molecular complexity index is 1130. The first-order chi connectivity index (χ1) is 12.6. The van der Waals surface area contributed by atoms with Crippen molar-refractivity contribution in [3.8, 4) is 0 Å². The molecule has 0 spiro atoms. The van der Waals surface area contributed by atoms with Crippen LogP contribution in [0, 0.1) is 6.92 Å². The molecule has 0 radical (unpaired) electrons. The summed E-state index contributed by atoms with van der Waals surface area (Å²) < 4.78 is 27.7. The highest BCUT2D eigenvalue weighted by Gasteiger charge is 2.44. The van der Waals surface area contributed by atoms with Gasteiger partial charge in [-0.2, -0.15) is 0 Å². The molecule has 0 fully saturated rings. The Kier molecular flexibility index (Phi) is 3.98. The van der Waals surface area contributed by atoms with Gasteiger partial charge < -0.3 is 15.1 Å². The molecule has 3 aromatic rings. The molecule has 0 saturated heterocycles. The van der Waals surface area contributed by atoms with Crippen LogP contribution in [0.15, 0.2) is 53.6 Å². The molecule has 6 nitrogen and oxygen atoms in total. The van der Waals surface area contributed by atoms with Crippen molar-refractivity contribution in [1.82, 2.24) is 8.87 Å². The van der Waals surface area contributed by atoms with E-state index in [1.165, 1.54) is 3.97 Å². The molecule has 27 heavy (non-hydrogen) atoms. The molecule has 1 aromatic heterocycles. The predicted molar refractivity (Wildman–Crippen MR) is 103 cm³/mol. The minimum atomic E-state index is -3.80. The lowest BCUT2D eigenvalue weighted by atomic mass is 9.83. The second kappa shape index (κ2) is 5.90. The molecule has 0 aliphatic heterocycles. The Hall–Kier alpha value is -2.19. The summed E-state index contributed by atoms with van der Waals surface area (Å²) in [7, 11) is -0.246. The number of rotatable bonds is 3. The first-order valence-electron chi connectivity index (χ1n) is 8.71. The quantitative estimate of drug-likeness (QED) is 0.671. The number of likely N-dealkylation sites (N-methyl/N-ethyl adjacent to an activating group) is 1. The Balaban J connectivity index is 1.97. The third-order valence-electron chi connectivity index (χ3n) is 5.35. The van der Waals surface area contributed by atoms with Crippen LogP contribution < -0.4 is 0 Å². The number of hydrogen-bond acceptors (Lipinski definition) is 5. The summed E-state index contributed by atoms with van der Waals surface area (Å²) in [5.74, 6) is -2.06. The van der Waals surface area contributed by atoms with E-state index in [-0.39, 0.29) is 4.90 Å². The minimum Gasteiger partial charge on any atom is -0.361 e. The summed E-state index contributed by atoms with van der Waals surface area (Å²) in [5.41, 5.74) is 2.55. The number of aliphatic hydroxyl groups is 2. The zero-order valence-corrected chi connectivity index (χ0v) is 16.2. The van der Waals surface area contributed by atoms with E-state index >= 15 is 0 Å². The molecule has 1 atom stereocenters. The van der Waals surface area contributed by atoms with E-state index in [4.69, 9.17) is 0 Å². The summed E-state index contributed by atoms with van der Waals surface area (Å²) >= 11 is 0. The number of benzene rings is 2. The molecule has 0 amide bonds. The molecule has 2 N–H and O–H groups in total. The first kappa shape index (κ1) is 18.2. The van der Waals surface area contributed by atoms with E-state index in [0.717, 1.165) is 11.1 Å². The highest BCUT2D eigenvalue weighted by Crippen LogP contribution is 2.41. The normalized spacial score (nSPS) is 19.0. The standard InChI is InChI=1S/C20H22N2O4S/c1-13-7-9-15(10-8-13)27(25,26)22-12-14-11-18(21(2)3)20(23,24)16-5-4-6-17(22)19(14)16/h4-10,12,18,23-24H,11H2,1-3H3. The monoisotopic (exact) mass is 386 g/mol. The van der Waals surface area contributed by atoms with Crippen molar-refractivity contribution < 1.29 is 18.6 Å². The Labute approximate surface area is 158 Å². The predicted octanol–water partition coefficient (Wildman–Crippen LogP) is 1.81. The van der Waals surface area contributed by atoms with Gasteiger partial charge in [-0.15, -0.1) is 0 Å². The fourth-order valence-corrected chi connectivity index (χ4v) is 5.28. The smallest absolute Gasteiger partial charge is 0.268 e. The van der Waals surface area contributed by atoms with Crippen LogP contribution in [0.1, 0.15) is 16.7 Å². The van der Waals surface area contributed by atoms with Gasteiger partial charge in [-0.25, -0.2) is 12.4 Å². The van der Waals surface area contributed by atoms with Gasteiger partial charge in [-0.3, -0.25) is 0 Å². The van der Waals surface area contributed by atoms with E-state index in [2.05, 4.69) is 0 Å². The van der Waals surface area contributed by atoms with Crippen LogP contribution in [-0.2, 0) is 22.2 Å². The lowest BCUT2D eigenvalue weighted by Gasteiger charge is -2.39. The highest BCUT2D eigenvalue weighted by molar-refractivity contribution is 7.90. The maximum Gasteiger partial charge on any atom is 0.268 e. The molecule has 1 heterocycles. The van der Waals surface area contributed by atoms with Gasteiger partial charge in [0.05, 0.1) is 16.5 Å².